The summed E-state index contributed by atoms with van der Waals surface area (Å²) in [5.41, 5.74) is 1.67. The quantitative estimate of drug-likeness (QED) is 0.892. The Morgan fingerprint density at radius 3 is 2.77 bits per heavy atom. The number of hydrogen-bond donors (Lipinski definition) is 1. The summed E-state index contributed by atoms with van der Waals surface area (Å²) in [6, 6.07) is 5.58. The monoisotopic (exact) mass is 326 g/mol. The third-order valence-electron chi connectivity index (χ3n) is 3.82. The topological polar surface area (TPSA) is 75.7 Å². The molecule has 1 N–H and O–H groups in total. The number of ether oxygens (including phenoxy) is 1. The molecule has 1 aliphatic heterocycles. The molecule has 2 rings (SSSR count). The molecule has 122 valence electrons. The molecule has 1 atom stereocenters. The van der Waals surface area contributed by atoms with Crippen LogP contribution in [0.2, 0.25) is 0 Å². The van der Waals surface area contributed by atoms with Gasteiger partial charge in [-0.15, -0.1) is 0 Å². The number of sulfonamides is 1. The molecule has 0 spiro atoms. The molecule has 1 unspecified atom stereocenters. The predicted octanol–water partition coefficient (Wildman–Crippen LogP) is 1.61. The molecular formula is C15H22N2O4S. The number of methoxy groups -OCH3 is 1. The highest BCUT2D eigenvalue weighted by Gasteiger charge is 2.29. The summed E-state index contributed by atoms with van der Waals surface area (Å²) in [5, 5.41) is 2.85. The van der Waals surface area contributed by atoms with E-state index in [1.54, 1.807) is 7.11 Å². The average molecular weight is 326 g/mol. The molecule has 1 fully saturated rings. The summed E-state index contributed by atoms with van der Waals surface area (Å²) in [5.74, 6) is 0.554. The van der Waals surface area contributed by atoms with Crippen LogP contribution in [-0.4, -0.2) is 45.1 Å². The third-order valence-corrected chi connectivity index (χ3v) is 5.09. The maximum absolute atomic E-state index is 12.2. The Bertz CT molecular complexity index is 658. The zero-order valence-corrected chi connectivity index (χ0v) is 13.9. The Hall–Kier alpha value is -1.60. The summed E-state index contributed by atoms with van der Waals surface area (Å²) in [4.78, 5) is 12.2. The van der Waals surface area contributed by atoms with Crippen molar-refractivity contribution in [2.75, 3.05) is 31.8 Å². The van der Waals surface area contributed by atoms with Crippen LogP contribution in [-0.2, 0) is 14.8 Å². The Balaban J connectivity index is 1.96. The average Bonchev–Trinajstić information content (AvgIpc) is 2.87. The van der Waals surface area contributed by atoms with Gasteiger partial charge in [-0.2, -0.15) is 0 Å². The van der Waals surface area contributed by atoms with Crippen LogP contribution in [0.15, 0.2) is 18.2 Å². The Morgan fingerprint density at radius 2 is 2.18 bits per heavy atom. The second kappa shape index (κ2) is 6.66. The number of carbonyl (C=O) groups excluding carboxylic acids is 1. The number of hydrogen-bond acceptors (Lipinski definition) is 4. The number of benzene rings is 1. The highest BCUT2D eigenvalue weighted by molar-refractivity contribution is 7.88. The highest BCUT2D eigenvalue weighted by atomic mass is 32.2. The lowest BCUT2D eigenvalue weighted by atomic mass is 10.0. The number of carbonyl (C=O) groups is 1. The molecule has 0 bridgehead atoms. The molecule has 1 heterocycles. The van der Waals surface area contributed by atoms with Crippen LogP contribution < -0.4 is 10.1 Å². The minimum absolute atomic E-state index is 0.0607. The van der Waals surface area contributed by atoms with Gasteiger partial charge in [0.05, 0.1) is 19.1 Å². The number of amides is 1. The first-order valence-electron chi connectivity index (χ1n) is 7.19. The van der Waals surface area contributed by atoms with E-state index >= 15 is 0 Å². The lowest BCUT2D eigenvalue weighted by molar-refractivity contribution is -0.117. The standard InChI is InChI=1S/C15H22N2O4S/c1-11-4-5-14(21-2)13(8-11)16-15(18)9-12-6-7-17(10-12)22(3,19)20/h4-5,8,12H,6-7,9-10H2,1-3H3,(H,16,18). The van der Waals surface area contributed by atoms with E-state index in [0.29, 0.717) is 37.4 Å². The molecule has 1 amide bonds. The minimum atomic E-state index is -3.16. The van der Waals surface area contributed by atoms with Gasteiger partial charge in [0.1, 0.15) is 5.75 Å². The molecule has 1 aliphatic rings. The fourth-order valence-corrected chi connectivity index (χ4v) is 3.57. The van der Waals surface area contributed by atoms with Gasteiger partial charge in [-0.1, -0.05) is 6.07 Å². The Morgan fingerprint density at radius 1 is 1.45 bits per heavy atom. The zero-order valence-electron chi connectivity index (χ0n) is 13.1. The van der Waals surface area contributed by atoms with Gasteiger partial charge in [-0.3, -0.25) is 4.79 Å². The van der Waals surface area contributed by atoms with Crippen molar-refractivity contribution in [2.24, 2.45) is 5.92 Å². The van der Waals surface area contributed by atoms with Crippen LogP contribution in [0, 0.1) is 12.8 Å². The molecule has 7 heteroatoms. The highest BCUT2D eigenvalue weighted by Crippen LogP contribution is 2.27. The van der Waals surface area contributed by atoms with E-state index in [1.165, 1.54) is 10.6 Å². The molecule has 22 heavy (non-hydrogen) atoms. The van der Waals surface area contributed by atoms with Crippen molar-refractivity contribution < 1.29 is 17.9 Å². The molecule has 0 aromatic heterocycles. The summed E-state index contributed by atoms with van der Waals surface area (Å²) < 4.78 is 29.6. The van der Waals surface area contributed by atoms with Crippen LogP contribution in [0.4, 0.5) is 5.69 Å². The summed E-state index contributed by atoms with van der Waals surface area (Å²) in [7, 11) is -1.61. The van der Waals surface area contributed by atoms with Crippen molar-refractivity contribution in [3.8, 4) is 5.75 Å². The van der Waals surface area contributed by atoms with Crippen molar-refractivity contribution in [1.29, 1.82) is 0 Å². The van der Waals surface area contributed by atoms with Crippen LogP contribution in [0.1, 0.15) is 18.4 Å². The van der Waals surface area contributed by atoms with Gasteiger partial charge < -0.3 is 10.1 Å². The third kappa shape index (κ3) is 4.20. The Kier molecular flexibility index (Phi) is 5.08. The van der Waals surface area contributed by atoms with Gasteiger partial charge >= 0.3 is 0 Å². The summed E-state index contributed by atoms with van der Waals surface area (Å²) in [6.07, 6.45) is 2.22. The molecule has 6 nitrogen and oxygen atoms in total. The van der Waals surface area contributed by atoms with Gasteiger partial charge in [0, 0.05) is 19.5 Å². The van der Waals surface area contributed by atoms with Gasteiger partial charge in [0.15, 0.2) is 0 Å². The number of anilines is 1. The maximum Gasteiger partial charge on any atom is 0.224 e. The van der Waals surface area contributed by atoms with E-state index < -0.39 is 10.0 Å². The van der Waals surface area contributed by atoms with Crippen LogP contribution in [0.5, 0.6) is 5.75 Å². The molecule has 0 radical (unpaired) electrons. The summed E-state index contributed by atoms with van der Waals surface area (Å²) in [6.45, 7) is 2.85. The number of nitrogens with zero attached hydrogens (tertiary/aromatic N) is 1. The number of rotatable bonds is 5. The first-order valence-corrected chi connectivity index (χ1v) is 9.04. The molecule has 1 aromatic rings. The maximum atomic E-state index is 12.2. The number of aryl methyl sites for hydroxylation is 1. The van der Waals surface area contributed by atoms with E-state index in [1.807, 2.05) is 25.1 Å². The smallest absolute Gasteiger partial charge is 0.224 e. The molecule has 1 saturated heterocycles. The summed E-state index contributed by atoms with van der Waals surface area (Å²) >= 11 is 0. The van der Waals surface area contributed by atoms with E-state index in [-0.39, 0.29) is 11.8 Å². The lowest BCUT2D eigenvalue weighted by Crippen LogP contribution is -2.28. The van der Waals surface area contributed by atoms with E-state index in [0.717, 1.165) is 5.56 Å². The zero-order chi connectivity index (χ0) is 16.3. The first-order chi connectivity index (χ1) is 10.3. The normalized spacial score (nSPS) is 19.1. The van der Waals surface area contributed by atoms with Gasteiger partial charge in [0.25, 0.3) is 0 Å². The lowest BCUT2D eigenvalue weighted by Gasteiger charge is -2.14. The molecule has 1 aromatic carbocycles. The van der Waals surface area contributed by atoms with Gasteiger partial charge in [0.2, 0.25) is 15.9 Å². The predicted molar refractivity (Wildman–Crippen MR) is 85.5 cm³/mol. The Labute approximate surface area is 131 Å². The fourth-order valence-electron chi connectivity index (χ4n) is 2.65. The van der Waals surface area contributed by atoms with Crippen molar-refractivity contribution in [3.63, 3.8) is 0 Å². The van der Waals surface area contributed by atoms with E-state index in [4.69, 9.17) is 4.74 Å². The van der Waals surface area contributed by atoms with Crippen LogP contribution in [0.3, 0.4) is 0 Å². The van der Waals surface area contributed by atoms with E-state index in [2.05, 4.69) is 5.32 Å². The molecular weight excluding hydrogens is 304 g/mol. The second-order valence-corrected chi connectivity index (χ2v) is 7.71. The largest absolute Gasteiger partial charge is 0.495 e. The van der Waals surface area contributed by atoms with Crippen molar-refractivity contribution in [1.82, 2.24) is 4.31 Å². The first kappa shape index (κ1) is 16.8. The molecule has 0 aliphatic carbocycles. The fraction of sp³-hybridized carbons (Fsp3) is 0.533. The molecule has 0 saturated carbocycles. The van der Waals surface area contributed by atoms with Crippen molar-refractivity contribution >= 4 is 21.6 Å². The van der Waals surface area contributed by atoms with Crippen LogP contribution >= 0.6 is 0 Å². The van der Waals surface area contributed by atoms with Crippen LogP contribution in [0.25, 0.3) is 0 Å². The SMILES string of the molecule is COc1ccc(C)cc1NC(=O)CC1CCN(S(C)(=O)=O)C1. The van der Waals surface area contributed by atoms with E-state index in [9.17, 15) is 13.2 Å². The van der Waals surface area contributed by atoms with Crippen molar-refractivity contribution in [2.45, 2.75) is 19.8 Å². The van der Waals surface area contributed by atoms with Gasteiger partial charge in [-0.25, -0.2) is 12.7 Å². The van der Waals surface area contributed by atoms with Crippen molar-refractivity contribution in [3.05, 3.63) is 23.8 Å². The number of nitrogens with one attached hydrogen (secondary N) is 1. The minimum Gasteiger partial charge on any atom is -0.495 e. The van der Waals surface area contributed by atoms with Gasteiger partial charge in [-0.05, 0) is 37.0 Å². The second-order valence-electron chi connectivity index (χ2n) is 5.73.